The van der Waals surface area contributed by atoms with Crippen molar-refractivity contribution in [2.24, 2.45) is 0 Å². The smallest absolute Gasteiger partial charge is 0.417 e. The summed E-state index contributed by atoms with van der Waals surface area (Å²) in [6.07, 6.45) is -0.672. The number of imidazole rings is 1. The van der Waals surface area contributed by atoms with Gasteiger partial charge >= 0.3 is 6.18 Å². The van der Waals surface area contributed by atoms with E-state index in [4.69, 9.17) is 9.72 Å². The molecule has 4 heterocycles. The summed E-state index contributed by atoms with van der Waals surface area (Å²) in [6.45, 7) is 0.182. The molecule has 0 fully saturated rings. The second-order valence-electron chi connectivity index (χ2n) is 8.00. The van der Waals surface area contributed by atoms with E-state index in [2.05, 4.69) is 20.3 Å². The minimum Gasteiger partial charge on any atom is -0.475 e. The number of ether oxygens (including phenoxy) is 1. The van der Waals surface area contributed by atoms with Crippen molar-refractivity contribution in [1.29, 1.82) is 0 Å². The summed E-state index contributed by atoms with van der Waals surface area (Å²) in [4.78, 5) is 17.4. The molecule has 0 radical (unpaired) electrons. The molecule has 0 saturated heterocycles. The first-order valence-corrected chi connectivity index (χ1v) is 10.9. The Morgan fingerprint density at radius 3 is 2.54 bits per heavy atom. The third kappa shape index (κ3) is 4.53. The molecule has 0 saturated carbocycles. The Labute approximate surface area is 197 Å². The van der Waals surface area contributed by atoms with Crippen LogP contribution in [0.5, 0.6) is 5.88 Å². The fraction of sp³-hybridized carbons (Fsp3) is 0.250. The topological polar surface area (TPSA) is 77.8 Å². The largest absolute Gasteiger partial charge is 0.475 e. The van der Waals surface area contributed by atoms with Crippen molar-refractivity contribution in [1.82, 2.24) is 24.5 Å². The highest BCUT2D eigenvalue weighted by molar-refractivity contribution is 5.78. The molecule has 3 aromatic heterocycles. The first kappa shape index (κ1) is 22.8. The molecule has 1 N–H and O–H groups in total. The molecule has 1 unspecified atom stereocenters. The van der Waals surface area contributed by atoms with Crippen LogP contribution in [0, 0.1) is 5.82 Å². The zero-order valence-corrected chi connectivity index (χ0v) is 18.6. The van der Waals surface area contributed by atoms with Crippen LogP contribution in [-0.2, 0) is 12.6 Å². The number of aryl methyl sites for hydroxylation is 1. The van der Waals surface area contributed by atoms with Gasteiger partial charge in [0.05, 0.1) is 28.7 Å². The number of aromatic nitrogens is 5. The monoisotopic (exact) mass is 484 g/mol. The van der Waals surface area contributed by atoms with Gasteiger partial charge in [-0.2, -0.15) is 13.2 Å². The van der Waals surface area contributed by atoms with Gasteiger partial charge in [0.15, 0.2) is 0 Å². The van der Waals surface area contributed by atoms with Crippen LogP contribution in [0.15, 0.2) is 54.9 Å². The van der Waals surface area contributed by atoms with Crippen molar-refractivity contribution in [3.05, 3.63) is 72.1 Å². The number of alkyl halides is 3. The summed E-state index contributed by atoms with van der Waals surface area (Å²) in [5.74, 6) is 1.00. The van der Waals surface area contributed by atoms with E-state index in [1.165, 1.54) is 18.2 Å². The molecule has 1 aromatic carbocycles. The summed E-state index contributed by atoms with van der Waals surface area (Å²) < 4.78 is 59.8. The molecule has 1 aliphatic heterocycles. The zero-order valence-electron chi connectivity index (χ0n) is 18.6. The number of halogens is 4. The van der Waals surface area contributed by atoms with Gasteiger partial charge < -0.3 is 14.6 Å². The maximum Gasteiger partial charge on any atom is 0.417 e. The summed E-state index contributed by atoms with van der Waals surface area (Å²) in [5, 5.41) is 2.92. The Morgan fingerprint density at radius 2 is 1.86 bits per heavy atom. The highest BCUT2D eigenvalue weighted by atomic mass is 19.4. The minimum absolute atomic E-state index is 0.103. The number of nitrogens with zero attached hydrogens (tertiary/aromatic N) is 5. The third-order valence-corrected chi connectivity index (χ3v) is 5.78. The number of anilines is 1. The van der Waals surface area contributed by atoms with E-state index in [9.17, 15) is 17.6 Å². The number of pyridine rings is 1. The summed E-state index contributed by atoms with van der Waals surface area (Å²) in [7, 11) is 1.72. The number of hydrogen-bond acceptors (Lipinski definition) is 6. The van der Waals surface area contributed by atoms with Gasteiger partial charge in [-0.1, -0.05) is 0 Å². The maximum absolute atomic E-state index is 13.6. The molecule has 5 rings (SSSR count). The quantitative estimate of drug-likeness (QED) is 0.381. The van der Waals surface area contributed by atoms with Crippen molar-refractivity contribution in [2.45, 2.75) is 25.1 Å². The lowest BCUT2D eigenvalue weighted by atomic mass is 10.1. The molecule has 7 nitrogen and oxygen atoms in total. The summed E-state index contributed by atoms with van der Waals surface area (Å²) in [5.41, 5.74) is 1.91. The molecule has 0 amide bonds. The third-order valence-electron chi connectivity index (χ3n) is 5.78. The van der Waals surface area contributed by atoms with E-state index in [1.807, 2.05) is 4.57 Å². The molecule has 35 heavy (non-hydrogen) atoms. The first-order chi connectivity index (χ1) is 16.8. The number of hydrogen-bond donors (Lipinski definition) is 1. The van der Waals surface area contributed by atoms with Gasteiger partial charge in [0.25, 0.3) is 0 Å². The lowest BCUT2D eigenvalue weighted by Gasteiger charge is -2.18. The molecule has 1 atom stereocenters. The molecule has 1 aliphatic rings. The van der Waals surface area contributed by atoms with E-state index in [-0.39, 0.29) is 24.3 Å². The Kier molecular flexibility index (Phi) is 5.83. The van der Waals surface area contributed by atoms with Gasteiger partial charge in [0.1, 0.15) is 18.2 Å². The predicted molar refractivity (Wildman–Crippen MR) is 120 cm³/mol. The van der Waals surface area contributed by atoms with Crippen LogP contribution in [0.25, 0.3) is 22.6 Å². The lowest BCUT2D eigenvalue weighted by Crippen LogP contribution is -2.16. The van der Waals surface area contributed by atoms with Crippen LogP contribution in [0.1, 0.15) is 23.9 Å². The van der Waals surface area contributed by atoms with Crippen molar-refractivity contribution in [3.8, 4) is 28.5 Å². The lowest BCUT2D eigenvalue weighted by molar-refractivity contribution is -0.137. The molecule has 4 aromatic rings. The van der Waals surface area contributed by atoms with Crippen LogP contribution in [0.3, 0.4) is 0 Å². The molecular weight excluding hydrogens is 464 g/mol. The maximum atomic E-state index is 13.6. The van der Waals surface area contributed by atoms with Gasteiger partial charge in [-0.3, -0.25) is 0 Å². The number of benzene rings is 1. The van der Waals surface area contributed by atoms with Gasteiger partial charge in [0.2, 0.25) is 11.8 Å². The number of rotatable bonds is 6. The molecular formula is C24H20F4N6O. The summed E-state index contributed by atoms with van der Waals surface area (Å²) >= 11 is 0. The zero-order chi connectivity index (χ0) is 24.6. The molecule has 11 heteroatoms. The van der Waals surface area contributed by atoms with Crippen LogP contribution in [0.4, 0.5) is 23.5 Å². The Balaban J connectivity index is 1.50. The Morgan fingerprint density at radius 1 is 1.06 bits per heavy atom. The van der Waals surface area contributed by atoms with Crippen molar-refractivity contribution in [2.75, 3.05) is 19.0 Å². The van der Waals surface area contributed by atoms with E-state index < -0.39 is 11.7 Å². The fourth-order valence-electron chi connectivity index (χ4n) is 4.11. The predicted octanol–water partition coefficient (Wildman–Crippen LogP) is 5.17. The minimum atomic E-state index is -4.46. The molecule has 0 aliphatic carbocycles. The standard InChI is InChI=1S/C24H20F4N6O/c1-29-23-30-11-10-18(32-23)22-21(14-2-5-16(25)6-3-14)33-19-8-7-17(34(19)22)13-35-20-9-4-15(12-31-20)24(26,27)28/h2-6,9-12,17H,7-8,13H2,1H3,(H,29,30,32). The number of nitrogens with one attached hydrogen (secondary N) is 1. The van der Waals surface area contributed by atoms with E-state index in [0.29, 0.717) is 23.8 Å². The van der Waals surface area contributed by atoms with Gasteiger partial charge in [-0.15, -0.1) is 0 Å². The van der Waals surface area contributed by atoms with Gasteiger partial charge in [-0.05, 0) is 42.8 Å². The van der Waals surface area contributed by atoms with Crippen LogP contribution < -0.4 is 10.1 Å². The first-order valence-electron chi connectivity index (χ1n) is 10.9. The van der Waals surface area contributed by atoms with Crippen LogP contribution in [-0.4, -0.2) is 38.2 Å². The van der Waals surface area contributed by atoms with Crippen LogP contribution >= 0.6 is 0 Å². The molecule has 180 valence electrons. The highest BCUT2D eigenvalue weighted by Gasteiger charge is 2.32. The Bertz CT molecular complexity index is 1340. The number of fused-ring (bicyclic) bond motifs is 1. The van der Waals surface area contributed by atoms with E-state index in [1.54, 1.807) is 31.4 Å². The van der Waals surface area contributed by atoms with Crippen molar-refractivity contribution in [3.63, 3.8) is 0 Å². The van der Waals surface area contributed by atoms with Crippen LogP contribution in [0.2, 0.25) is 0 Å². The SMILES string of the molecule is CNc1nccc(-c2c(-c3ccc(F)cc3)nc3n2C(COc2ccc(C(F)(F)F)cn2)CC3)n1. The van der Waals surface area contributed by atoms with Gasteiger partial charge in [-0.25, -0.2) is 24.3 Å². The Hall–Kier alpha value is -4.02. The highest BCUT2D eigenvalue weighted by Crippen LogP contribution is 2.39. The average molecular weight is 484 g/mol. The molecule has 0 bridgehead atoms. The van der Waals surface area contributed by atoms with Gasteiger partial charge in [0, 0.05) is 37.5 Å². The van der Waals surface area contributed by atoms with Crippen molar-refractivity contribution < 1.29 is 22.3 Å². The van der Waals surface area contributed by atoms with E-state index in [0.717, 1.165) is 35.8 Å². The van der Waals surface area contributed by atoms with Crippen molar-refractivity contribution >= 4 is 5.95 Å². The second kappa shape index (κ2) is 8.97. The van der Waals surface area contributed by atoms with E-state index >= 15 is 0 Å². The fourth-order valence-corrected chi connectivity index (χ4v) is 4.11. The normalized spacial score (nSPS) is 15.2. The summed E-state index contributed by atoms with van der Waals surface area (Å²) in [6, 6.07) is 9.84. The molecule has 0 spiro atoms. The average Bonchev–Trinajstić information content (AvgIpc) is 3.42. The second-order valence-corrected chi connectivity index (χ2v) is 8.00.